The molecule has 1 aliphatic rings. The van der Waals surface area contributed by atoms with Crippen LogP contribution in [0.25, 0.3) is 0 Å². The van der Waals surface area contributed by atoms with Crippen LogP contribution in [0.2, 0.25) is 5.02 Å². The van der Waals surface area contributed by atoms with Gasteiger partial charge in [-0.25, -0.2) is 0 Å². The van der Waals surface area contributed by atoms with Gasteiger partial charge in [-0.05, 0) is 37.4 Å². The second-order valence-corrected chi connectivity index (χ2v) is 5.27. The standard InChI is InChI=1S/C14H18ClNO2/c15-13-3-1-2-12(8-13)14(18)10-16-6-4-11(9-16)5-7-17/h1-3,8,11,17H,4-7,9-10H2. The van der Waals surface area contributed by atoms with Gasteiger partial charge in [-0.1, -0.05) is 23.7 Å². The van der Waals surface area contributed by atoms with E-state index < -0.39 is 0 Å². The number of carbonyl (C=O) groups excluding carboxylic acids is 1. The van der Waals surface area contributed by atoms with Crippen LogP contribution in [0.5, 0.6) is 0 Å². The number of rotatable bonds is 5. The van der Waals surface area contributed by atoms with Crippen LogP contribution in [0.4, 0.5) is 0 Å². The highest BCUT2D eigenvalue weighted by molar-refractivity contribution is 6.31. The molecule has 2 rings (SSSR count). The van der Waals surface area contributed by atoms with E-state index in [4.69, 9.17) is 16.7 Å². The molecule has 0 aromatic heterocycles. The van der Waals surface area contributed by atoms with Crippen molar-refractivity contribution in [1.82, 2.24) is 4.90 Å². The minimum atomic E-state index is 0.113. The molecule has 1 fully saturated rings. The SMILES string of the molecule is O=C(CN1CCC(CCO)C1)c1cccc(Cl)c1. The minimum absolute atomic E-state index is 0.113. The summed E-state index contributed by atoms with van der Waals surface area (Å²) in [6, 6.07) is 7.08. The van der Waals surface area contributed by atoms with Gasteiger partial charge >= 0.3 is 0 Å². The molecule has 0 bridgehead atoms. The lowest BCUT2D eigenvalue weighted by atomic mass is 10.1. The molecule has 1 heterocycles. The molecular weight excluding hydrogens is 250 g/mol. The van der Waals surface area contributed by atoms with Gasteiger partial charge in [0.1, 0.15) is 0 Å². The maximum Gasteiger partial charge on any atom is 0.176 e. The molecular formula is C14H18ClNO2. The Labute approximate surface area is 112 Å². The summed E-state index contributed by atoms with van der Waals surface area (Å²) in [6.07, 6.45) is 1.91. The highest BCUT2D eigenvalue weighted by Crippen LogP contribution is 2.19. The summed E-state index contributed by atoms with van der Waals surface area (Å²) in [5.74, 6) is 0.643. The number of aliphatic hydroxyl groups is 1. The third-order valence-electron chi connectivity index (χ3n) is 3.42. The molecule has 1 atom stereocenters. The monoisotopic (exact) mass is 267 g/mol. The van der Waals surface area contributed by atoms with Crippen molar-refractivity contribution in [2.45, 2.75) is 12.8 Å². The van der Waals surface area contributed by atoms with E-state index in [2.05, 4.69) is 4.90 Å². The zero-order valence-corrected chi connectivity index (χ0v) is 11.1. The lowest BCUT2D eigenvalue weighted by Crippen LogP contribution is -2.28. The van der Waals surface area contributed by atoms with E-state index >= 15 is 0 Å². The largest absolute Gasteiger partial charge is 0.396 e. The van der Waals surface area contributed by atoms with Crippen molar-refractivity contribution in [3.63, 3.8) is 0 Å². The predicted molar refractivity (Wildman–Crippen MR) is 72.0 cm³/mol. The first kappa shape index (κ1) is 13.5. The average Bonchev–Trinajstić information content (AvgIpc) is 2.77. The van der Waals surface area contributed by atoms with Crippen LogP contribution >= 0.6 is 11.6 Å². The van der Waals surface area contributed by atoms with Crippen molar-refractivity contribution in [1.29, 1.82) is 0 Å². The van der Waals surface area contributed by atoms with Crippen LogP contribution in [0.3, 0.4) is 0 Å². The summed E-state index contributed by atoms with van der Waals surface area (Å²) in [5, 5.41) is 9.50. The molecule has 1 aromatic rings. The van der Waals surface area contributed by atoms with Gasteiger partial charge in [0.05, 0.1) is 6.54 Å². The lowest BCUT2D eigenvalue weighted by Gasteiger charge is -2.14. The highest BCUT2D eigenvalue weighted by atomic mass is 35.5. The van der Waals surface area contributed by atoms with Crippen LogP contribution in [-0.4, -0.2) is 42.0 Å². The summed E-state index contributed by atoms with van der Waals surface area (Å²) in [7, 11) is 0. The van der Waals surface area contributed by atoms with Crippen molar-refractivity contribution < 1.29 is 9.90 Å². The molecule has 0 amide bonds. The van der Waals surface area contributed by atoms with Crippen LogP contribution in [-0.2, 0) is 0 Å². The minimum Gasteiger partial charge on any atom is -0.396 e. The molecule has 0 spiro atoms. The van der Waals surface area contributed by atoms with Gasteiger partial charge in [0.2, 0.25) is 0 Å². The first-order valence-electron chi connectivity index (χ1n) is 6.31. The third kappa shape index (κ3) is 3.55. The molecule has 1 saturated heterocycles. The zero-order chi connectivity index (χ0) is 13.0. The molecule has 1 unspecified atom stereocenters. The first-order chi connectivity index (χ1) is 8.69. The Morgan fingerprint density at radius 3 is 3.06 bits per heavy atom. The van der Waals surface area contributed by atoms with Crippen LogP contribution in [0, 0.1) is 5.92 Å². The number of hydrogen-bond acceptors (Lipinski definition) is 3. The van der Waals surface area contributed by atoms with Crippen molar-refractivity contribution in [3.8, 4) is 0 Å². The Kier molecular flexibility index (Phi) is 4.75. The van der Waals surface area contributed by atoms with E-state index in [0.29, 0.717) is 23.0 Å². The highest BCUT2D eigenvalue weighted by Gasteiger charge is 2.23. The Morgan fingerprint density at radius 1 is 1.50 bits per heavy atom. The Balaban J connectivity index is 1.89. The van der Waals surface area contributed by atoms with Gasteiger partial charge in [-0.15, -0.1) is 0 Å². The van der Waals surface area contributed by atoms with E-state index in [-0.39, 0.29) is 12.4 Å². The van der Waals surface area contributed by atoms with Crippen molar-refractivity contribution in [3.05, 3.63) is 34.9 Å². The van der Waals surface area contributed by atoms with Crippen LogP contribution in [0.1, 0.15) is 23.2 Å². The number of Topliss-reactive ketones (excluding diaryl/α,β-unsaturated/α-hetero) is 1. The molecule has 4 heteroatoms. The molecule has 18 heavy (non-hydrogen) atoms. The Morgan fingerprint density at radius 2 is 2.33 bits per heavy atom. The topological polar surface area (TPSA) is 40.5 Å². The molecule has 1 aliphatic heterocycles. The van der Waals surface area contributed by atoms with Crippen molar-refractivity contribution >= 4 is 17.4 Å². The Bertz CT molecular complexity index is 422. The van der Waals surface area contributed by atoms with Gasteiger partial charge in [0, 0.05) is 23.7 Å². The summed E-state index contributed by atoms with van der Waals surface area (Å²) < 4.78 is 0. The van der Waals surface area contributed by atoms with Gasteiger partial charge < -0.3 is 5.11 Å². The fourth-order valence-corrected chi connectivity index (χ4v) is 2.62. The maximum absolute atomic E-state index is 12.1. The first-order valence-corrected chi connectivity index (χ1v) is 6.69. The summed E-state index contributed by atoms with van der Waals surface area (Å²) >= 11 is 5.88. The molecule has 0 radical (unpaired) electrons. The van der Waals surface area contributed by atoms with E-state index in [1.165, 1.54) is 0 Å². The van der Waals surface area contributed by atoms with Gasteiger partial charge in [-0.2, -0.15) is 0 Å². The predicted octanol–water partition coefficient (Wildman–Crippen LogP) is 2.23. The lowest BCUT2D eigenvalue weighted by molar-refractivity contribution is 0.0942. The molecule has 0 aliphatic carbocycles. The number of ketones is 1. The smallest absolute Gasteiger partial charge is 0.176 e. The van der Waals surface area contributed by atoms with Crippen LogP contribution < -0.4 is 0 Å². The quantitative estimate of drug-likeness (QED) is 0.832. The normalized spacial score (nSPS) is 20.2. The zero-order valence-electron chi connectivity index (χ0n) is 10.3. The second kappa shape index (κ2) is 6.32. The number of nitrogens with zero attached hydrogens (tertiary/aromatic N) is 1. The number of benzene rings is 1. The Hall–Kier alpha value is -0.900. The second-order valence-electron chi connectivity index (χ2n) is 4.84. The number of likely N-dealkylation sites (tertiary alicyclic amines) is 1. The van der Waals surface area contributed by atoms with Gasteiger partial charge in [0.15, 0.2) is 5.78 Å². The molecule has 1 N–H and O–H groups in total. The number of hydrogen-bond donors (Lipinski definition) is 1. The number of aliphatic hydroxyl groups excluding tert-OH is 1. The van der Waals surface area contributed by atoms with E-state index in [9.17, 15) is 4.79 Å². The number of carbonyl (C=O) groups is 1. The van der Waals surface area contributed by atoms with E-state index in [1.54, 1.807) is 24.3 Å². The van der Waals surface area contributed by atoms with Crippen molar-refractivity contribution in [2.24, 2.45) is 5.92 Å². The molecule has 98 valence electrons. The fraction of sp³-hybridized carbons (Fsp3) is 0.500. The fourth-order valence-electron chi connectivity index (χ4n) is 2.43. The number of halogens is 1. The van der Waals surface area contributed by atoms with E-state index in [1.807, 2.05) is 0 Å². The summed E-state index contributed by atoms with van der Waals surface area (Å²) in [6.45, 7) is 2.53. The van der Waals surface area contributed by atoms with E-state index in [0.717, 1.165) is 25.9 Å². The molecule has 1 aromatic carbocycles. The van der Waals surface area contributed by atoms with Gasteiger partial charge in [0.25, 0.3) is 0 Å². The summed E-state index contributed by atoms with van der Waals surface area (Å²) in [4.78, 5) is 14.2. The van der Waals surface area contributed by atoms with Gasteiger partial charge in [-0.3, -0.25) is 9.69 Å². The average molecular weight is 268 g/mol. The summed E-state index contributed by atoms with van der Waals surface area (Å²) in [5.41, 5.74) is 0.674. The van der Waals surface area contributed by atoms with Crippen LogP contribution in [0.15, 0.2) is 24.3 Å². The maximum atomic E-state index is 12.1. The molecule has 0 saturated carbocycles. The third-order valence-corrected chi connectivity index (χ3v) is 3.66. The molecule has 3 nitrogen and oxygen atoms in total. The van der Waals surface area contributed by atoms with Crippen molar-refractivity contribution in [2.75, 3.05) is 26.2 Å².